The largest absolute Gasteiger partial charge is 0.497 e. The number of amides is 3. The average molecular weight is 353 g/mol. The first kappa shape index (κ1) is 17.8. The summed E-state index contributed by atoms with van der Waals surface area (Å²) in [5, 5.41) is 2.88. The Kier molecular flexibility index (Phi) is 5.41. The minimum Gasteiger partial charge on any atom is -0.497 e. The van der Waals surface area contributed by atoms with Crippen LogP contribution in [0.2, 0.25) is 0 Å². The van der Waals surface area contributed by atoms with Gasteiger partial charge in [0.1, 0.15) is 5.75 Å². The highest BCUT2D eigenvalue weighted by molar-refractivity contribution is 5.90. The fourth-order valence-corrected chi connectivity index (χ4v) is 3.15. The molecule has 0 aliphatic carbocycles. The number of benzene rings is 2. The number of primary amides is 1. The molecular formula is C20H23N3O3. The number of nitrogens with two attached hydrogens (primary N) is 1. The van der Waals surface area contributed by atoms with E-state index in [0.717, 1.165) is 29.7 Å². The Labute approximate surface area is 152 Å². The smallest absolute Gasteiger partial charge is 0.321 e. The van der Waals surface area contributed by atoms with Crippen LogP contribution in [0.3, 0.4) is 0 Å². The molecule has 1 atom stereocenters. The molecule has 3 rings (SSSR count). The number of methoxy groups -OCH3 is 1. The van der Waals surface area contributed by atoms with Crippen molar-refractivity contribution in [3.8, 4) is 16.9 Å². The molecule has 3 N–H and O–H groups in total. The second kappa shape index (κ2) is 7.91. The summed E-state index contributed by atoms with van der Waals surface area (Å²) in [7, 11) is 1.64. The van der Waals surface area contributed by atoms with Crippen LogP contribution in [0.15, 0.2) is 48.5 Å². The maximum atomic E-state index is 12.4. The fraction of sp³-hybridized carbons (Fsp3) is 0.300. The Morgan fingerprint density at radius 2 is 1.92 bits per heavy atom. The van der Waals surface area contributed by atoms with Crippen molar-refractivity contribution < 1.29 is 14.3 Å². The van der Waals surface area contributed by atoms with Crippen LogP contribution in [0.4, 0.5) is 10.5 Å². The second-order valence-corrected chi connectivity index (χ2v) is 6.43. The fourth-order valence-electron chi connectivity index (χ4n) is 3.15. The van der Waals surface area contributed by atoms with Crippen molar-refractivity contribution in [2.45, 2.75) is 12.8 Å². The van der Waals surface area contributed by atoms with E-state index in [1.807, 2.05) is 48.5 Å². The van der Waals surface area contributed by atoms with Crippen LogP contribution < -0.4 is 15.8 Å². The predicted octanol–water partition coefficient (Wildman–Crippen LogP) is 3.09. The van der Waals surface area contributed by atoms with Crippen molar-refractivity contribution in [1.82, 2.24) is 4.90 Å². The molecule has 1 aliphatic rings. The highest BCUT2D eigenvalue weighted by Crippen LogP contribution is 2.25. The lowest BCUT2D eigenvalue weighted by atomic mass is 9.98. The van der Waals surface area contributed by atoms with Crippen molar-refractivity contribution >= 4 is 17.6 Å². The van der Waals surface area contributed by atoms with E-state index in [1.54, 1.807) is 12.0 Å². The lowest BCUT2D eigenvalue weighted by Crippen LogP contribution is -2.45. The van der Waals surface area contributed by atoms with Crippen molar-refractivity contribution in [2.75, 3.05) is 25.5 Å². The van der Waals surface area contributed by atoms with Crippen molar-refractivity contribution in [1.29, 1.82) is 0 Å². The molecule has 0 radical (unpaired) electrons. The minimum absolute atomic E-state index is 0.204. The summed E-state index contributed by atoms with van der Waals surface area (Å²) >= 11 is 0. The van der Waals surface area contributed by atoms with Gasteiger partial charge in [0, 0.05) is 18.8 Å². The molecule has 0 bridgehead atoms. The molecule has 136 valence electrons. The number of nitrogens with zero attached hydrogens (tertiary/aromatic N) is 1. The molecule has 1 aliphatic heterocycles. The van der Waals surface area contributed by atoms with Gasteiger partial charge in [-0.1, -0.05) is 24.3 Å². The van der Waals surface area contributed by atoms with E-state index in [1.165, 1.54) is 0 Å². The number of rotatable bonds is 4. The topological polar surface area (TPSA) is 84.7 Å². The number of hydrogen-bond acceptors (Lipinski definition) is 3. The second-order valence-electron chi connectivity index (χ2n) is 6.43. The van der Waals surface area contributed by atoms with Gasteiger partial charge in [-0.3, -0.25) is 4.79 Å². The lowest BCUT2D eigenvalue weighted by molar-refractivity contribution is -0.123. The van der Waals surface area contributed by atoms with Gasteiger partial charge < -0.3 is 20.7 Å². The van der Waals surface area contributed by atoms with Gasteiger partial charge in [-0.15, -0.1) is 0 Å². The quantitative estimate of drug-likeness (QED) is 0.886. The number of carbonyl (C=O) groups excluding carboxylic acids is 2. The molecule has 0 unspecified atom stereocenters. The summed E-state index contributed by atoms with van der Waals surface area (Å²) in [5.41, 5.74) is 8.16. The van der Waals surface area contributed by atoms with Crippen molar-refractivity contribution in [2.24, 2.45) is 11.7 Å². The van der Waals surface area contributed by atoms with E-state index >= 15 is 0 Å². The first-order chi connectivity index (χ1) is 12.6. The number of hydrogen-bond donors (Lipinski definition) is 2. The summed E-state index contributed by atoms with van der Waals surface area (Å²) < 4.78 is 5.25. The van der Waals surface area contributed by atoms with Crippen LogP contribution >= 0.6 is 0 Å². The van der Waals surface area contributed by atoms with Crippen LogP contribution in [0.25, 0.3) is 11.1 Å². The number of ether oxygens (including phenoxy) is 1. The molecule has 2 aromatic rings. The molecular weight excluding hydrogens is 330 g/mol. The van der Waals surface area contributed by atoms with Gasteiger partial charge in [0.2, 0.25) is 5.91 Å². The van der Waals surface area contributed by atoms with Gasteiger partial charge >= 0.3 is 6.03 Å². The van der Waals surface area contributed by atoms with Crippen LogP contribution in [-0.4, -0.2) is 37.0 Å². The SMILES string of the molecule is COc1cccc(-c2ccc(NC(=O)N3CCC[C@H](C(N)=O)C3)cc2)c1. The molecule has 6 nitrogen and oxygen atoms in total. The molecule has 1 heterocycles. The minimum atomic E-state index is -0.342. The maximum absolute atomic E-state index is 12.4. The molecule has 0 saturated carbocycles. The molecule has 2 aromatic carbocycles. The molecule has 26 heavy (non-hydrogen) atoms. The Morgan fingerprint density at radius 1 is 1.15 bits per heavy atom. The highest BCUT2D eigenvalue weighted by Gasteiger charge is 2.26. The third-order valence-corrected chi connectivity index (χ3v) is 4.65. The zero-order valence-electron chi connectivity index (χ0n) is 14.8. The summed E-state index contributed by atoms with van der Waals surface area (Å²) in [6, 6.07) is 15.2. The third-order valence-electron chi connectivity index (χ3n) is 4.65. The molecule has 1 fully saturated rings. The van der Waals surface area contributed by atoms with Crippen molar-refractivity contribution in [3.63, 3.8) is 0 Å². The van der Waals surface area contributed by atoms with E-state index in [2.05, 4.69) is 5.32 Å². The summed E-state index contributed by atoms with van der Waals surface area (Å²) in [5.74, 6) is 0.198. The van der Waals surface area contributed by atoms with Crippen LogP contribution in [0.1, 0.15) is 12.8 Å². The van der Waals surface area contributed by atoms with Crippen LogP contribution in [0.5, 0.6) is 5.75 Å². The van der Waals surface area contributed by atoms with Crippen molar-refractivity contribution in [3.05, 3.63) is 48.5 Å². The number of piperidine rings is 1. The Balaban J connectivity index is 1.65. The monoisotopic (exact) mass is 353 g/mol. The van der Waals surface area contributed by atoms with Gasteiger partial charge in [-0.25, -0.2) is 4.79 Å². The van der Waals surface area contributed by atoms with Gasteiger partial charge in [-0.05, 0) is 48.2 Å². The third kappa shape index (κ3) is 4.14. The number of likely N-dealkylation sites (tertiary alicyclic amines) is 1. The highest BCUT2D eigenvalue weighted by atomic mass is 16.5. The van der Waals surface area contributed by atoms with Gasteiger partial charge in [-0.2, -0.15) is 0 Å². The van der Waals surface area contributed by atoms with E-state index in [9.17, 15) is 9.59 Å². The standard InChI is InChI=1S/C20H23N3O3/c1-26-18-6-2-4-15(12-18)14-7-9-17(10-8-14)22-20(25)23-11-3-5-16(13-23)19(21)24/h2,4,6-10,12,16H,3,5,11,13H2,1H3,(H2,21,24)(H,22,25)/t16-/m0/s1. The summed E-state index contributed by atoms with van der Waals surface area (Å²) in [4.78, 5) is 25.4. The first-order valence-electron chi connectivity index (χ1n) is 8.66. The average Bonchev–Trinajstić information content (AvgIpc) is 2.68. The van der Waals surface area contributed by atoms with E-state index < -0.39 is 0 Å². The Morgan fingerprint density at radius 3 is 2.62 bits per heavy atom. The summed E-state index contributed by atoms with van der Waals surface area (Å²) in [6.45, 7) is 1.01. The van der Waals surface area contributed by atoms with Crippen LogP contribution in [0, 0.1) is 5.92 Å². The molecule has 1 saturated heterocycles. The lowest BCUT2D eigenvalue weighted by Gasteiger charge is -2.31. The Hall–Kier alpha value is -3.02. The molecule has 6 heteroatoms. The number of nitrogens with one attached hydrogen (secondary N) is 1. The normalized spacial score (nSPS) is 16.8. The Bertz CT molecular complexity index is 789. The maximum Gasteiger partial charge on any atom is 0.321 e. The molecule has 0 spiro atoms. The first-order valence-corrected chi connectivity index (χ1v) is 8.66. The van der Waals surface area contributed by atoms with Gasteiger partial charge in [0.05, 0.1) is 13.0 Å². The molecule has 0 aromatic heterocycles. The van der Waals surface area contributed by atoms with E-state index in [4.69, 9.17) is 10.5 Å². The summed E-state index contributed by atoms with van der Waals surface area (Å²) in [6.07, 6.45) is 1.53. The number of urea groups is 1. The van der Waals surface area contributed by atoms with Gasteiger partial charge in [0.15, 0.2) is 0 Å². The van der Waals surface area contributed by atoms with Gasteiger partial charge in [0.25, 0.3) is 0 Å². The van der Waals surface area contributed by atoms with E-state index in [0.29, 0.717) is 18.8 Å². The molecule has 3 amide bonds. The zero-order chi connectivity index (χ0) is 18.5. The predicted molar refractivity (Wildman–Crippen MR) is 101 cm³/mol. The van der Waals surface area contributed by atoms with Crippen LogP contribution in [-0.2, 0) is 4.79 Å². The van der Waals surface area contributed by atoms with E-state index in [-0.39, 0.29) is 17.9 Å². The zero-order valence-corrected chi connectivity index (χ0v) is 14.8. The number of carbonyl (C=O) groups is 2. The number of anilines is 1.